The van der Waals surface area contributed by atoms with Gasteiger partial charge in [0.25, 0.3) is 0 Å². The van der Waals surface area contributed by atoms with Crippen molar-refractivity contribution in [3.05, 3.63) is 95.0 Å². The van der Waals surface area contributed by atoms with E-state index in [-0.39, 0.29) is 12.2 Å². The fourth-order valence-electron chi connectivity index (χ4n) is 3.70. The molecule has 0 heterocycles. The van der Waals surface area contributed by atoms with Crippen LogP contribution in [0.4, 0.5) is 4.79 Å². The van der Waals surface area contributed by atoms with Crippen LogP contribution < -0.4 is 10.0 Å². The number of ether oxygens (including phenoxy) is 1. The van der Waals surface area contributed by atoms with Crippen LogP contribution in [0, 0.1) is 0 Å². The molecule has 0 aliphatic rings. The highest BCUT2D eigenvalue weighted by Crippen LogP contribution is 2.23. The van der Waals surface area contributed by atoms with E-state index in [2.05, 4.69) is 10.0 Å². The molecule has 37 heavy (non-hydrogen) atoms. The summed E-state index contributed by atoms with van der Waals surface area (Å²) in [5.41, 5.74) is 2.62. The van der Waals surface area contributed by atoms with E-state index in [9.17, 15) is 18.0 Å². The number of carbonyl (C=O) groups excluding carboxylic acids is 2. The Morgan fingerprint density at radius 3 is 2.19 bits per heavy atom. The summed E-state index contributed by atoms with van der Waals surface area (Å²) in [5, 5.41) is 3.34. The first kappa shape index (κ1) is 28.2. The Kier molecular flexibility index (Phi) is 9.34. The SMILES string of the molecule is CC(C)(C)OC(=O)NC(CC(=O)NS(=O)(=O)Cc1ccccc1)Cc1ccc(-c2cccc(Cl)c2)cc1. The van der Waals surface area contributed by atoms with E-state index in [1.165, 1.54) is 0 Å². The summed E-state index contributed by atoms with van der Waals surface area (Å²) >= 11 is 6.10. The number of sulfonamides is 1. The zero-order chi connectivity index (χ0) is 27.1. The Hall–Kier alpha value is -3.36. The lowest BCUT2D eigenvalue weighted by atomic mass is 9.99. The number of hydrogen-bond donors (Lipinski definition) is 2. The summed E-state index contributed by atoms with van der Waals surface area (Å²) < 4.78 is 32.5. The summed E-state index contributed by atoms with van der Waals surface area (Å²) in [5.74, 6) is -1.04. The van der Waals surface area contributed by atoms with E-state index in [0.717, 1.165) is 16.7 Å². The van der Waals surface area contributed by atoms with E-state index in [0.29, 0.717) is 17.0 Å². The monoisotopic (exact) mass is 542 g/mol. The standard InChI is InChI=1S/C28H31ClN2O5S/c1-28(2,3)36-27(33)30-25(18-26(32)31-37(34,35)19-21-8-5-4-6-9-21)16-20-12-14-22(15-13-20)23-10-7-11-24(29)17-23/h4-15,17,25H,16,18-19H2,1-3H3,(H,30,33)(H,31,32). The van der Waals surface area contributed by atoms with Gasteiger partial charge in [0, 0.05) is 17.5 Å². The van der Waals surface area contributed by atoms with Crippen LogP contribution in [0.3, 0.4) is 0 Å². The molecule has 0 fully saturated rings. The van der Waals surface area contributed by atoms with Crippen molar-refractivity contribution in [1.29, 1.82) is 0 Å². The number of alkyl carbamates (subject to hydrolysis) is 1. The smallest absolute Gasteiger partial charge is 0.407 e. The summed E-state index contributed by atoms with van der Waals surface area (Å²) in [4.78, 5) is 25.1. The molecule has 3 aromatic rings. The molecule has 7 nitrogen and oxygen atoms in total. The Morgan fingerprint density at radius 2 is 1.57 bits per heavy atom. The lowest BCUT2D eigenvalue weighted by Gasteiger charge is -2.23. The average Bonchev–Trinajstić information content (AvgIpc) is 2.78. The van der Waals surface area contributed by atoms with Gasteiger partial charge in [0.2, 0.25) is 15.9 Å². The average molecular weight is 543 g/mol. The van der Waals surface area contributed by atoms with Crippen molar-refractivity contribution in [2.75, 3.05) is 0 Å². The summed E-state index contributed by atoms with van der Waals surface area (Å²) in [6.45, 7) is 5.21. The fraction of sp³-hybridized carbons (Fsp3) is 0.286. The molecule has 1 unspecified atom stereocenters. The highest BCUT2D eigenvalue weighted by molar-refractivity contribution is 7.89. The fourth-order valence-corrected chi connectivity index (χ4v) is 5.03. The zero-order valence-electron chi connectivity index (χ0n) is 21.0. The van der Waals surface area contributed by atoms with Crippen LogP contribution in [0.1, 0.15) is 38.3 Å². The van der Waals surface area contributed by atoms with Crippen LogP contribution in [0.2, 0.25) is 5.02 Å². The number of halogens is 1. The maximum absolute atomic E-state index is 12.7. The van der Waals surface area contributed by atoms with Gasteiger partial charge in [0.15, 0.2) is 0 Å². The van der Waals surface area contributed by atoms with Gasteiger partial charge in [-0.05, 0) is 61.6 Å². The van der Waals surface area contributed by atoms with Crippen LogP contribution in [0.5, 0.6) is 0 Å². The highest BCUT2D eigenvalue weighted by atomic mass is 35.5. The number of nitrogens with one attached hydrogen (secondary N) is 2. The van der Waals surface area contributed by atoms with Crippen LogP contribution in [0.25, 0.3) is 11.1 Å². The third-order valence-electron chi connectivity index (χ3n) is 5.22. The van der Waals surface area contributed by atoms with E-state index < -0.39 is 33.7 Å². The number of amides is 2. The molecule has 0 bridgehead atoms. The van der Waals surface area contributed by atoms with Gasteiger partial charge in [-0.25, -0.2) is 13.2 Å². The van der Waals surface area contributed by atoms with Gasteiger partial charge in [-0.2, -0.15) is 0 Å². The molecule has 0 spiro atoms. The summed E-state index contributed by atoms with van der Waals surface area (Å²) in [6, 6.07) is 23.0. The normalized spacial score (nSPS) is 12.4. The highest BCUT2D eigenvalue weighted by Gasteiger charge is 2.24. The number of hydrogen-bond acceptors (Lipinski definition) is 5. The van der Waals surface area contributed by atoms with E-state index in [4.69, 9.17) is 16.3 Å². The van der Waals surface area contributed by atoms with Crippen LogP contribution >= 0.6 is 11.6 Å². The third-order valence-corrected chi connectivity index (χ3v) is 6.70. The van der Waals surface area contributed by atoms with Crippen molar-refractivity contribution in [2.24, 2.45) is 0 Å². The van der Waals surface area contributed by atoms with Gasteiger partial charge in [-0.3, -0.25) is 9.52 Å². The van der Waals surface area contributed by atoms with Gasteiger partial charge >= 0.3 is 6.09 Å². The molecule has 3 rings (SSSR count). The molecule has 0 saturated carbocycles. The van der Waals surface area contributed by atoms with Crippen molar-refractivity contribution in [3.63, 3.8) is 0 Å². The predicted molar refractivity (Wildman–Crippen MR) is 146 cm³/mol. The second-order valence-corrected chi connectivity index (χ2v) is 11.9. The Morgan fingerprint density at radius 1 is 0.892 bits per heavy atom. The van der Waals surface area contributed by atoms with E-state index in [1.807, 2.05) is 42.5 Å². The molecule has 1 atom stereocenters. The quantitative estimate of drug-likeness (QED) is 0.373. The second kappa shape index (κ2) is 12.3. The van der Waals surface area contributed by atoms with Crippen LogP contribution in [-0.2, 0) is 31.7 Å². The van der Waals surface area contributed by atoms with Crippen molar-refractivity contribution >= 4 is 33.6 Å². The van der Waals surface area contributed by atoms with Gasteiger partial charge in [0.05, 0.1) is 5.75 Å². The third kappa shape index (κ3) is 9.90. The Bertz CT molecular complexity index is 1320. The molecule has 2 N–H and O–H groups in total. The first-order valence-corrected chi connectivity index (χ1v) is 13.8. The first-order valence-electron chi connectivity index (χ1n) is 11.8. The number of benzene rings is 3. The van der Waals surface area contributed by atoms with Crippen molar-refractivity contribution in [1.82, 2.24) is 10.0 Å². The molecule has 3 aromatic carbocycles. The largest absolute Gasteiger partial charge is 0.444 e. The van der Waals surface area contributed by atoms with Crippen LogP contribution in [-0.4, -0.2) is 32.1 Å². The second-order valence-electron chi connectivity index (χ2n) is 9.73. The van der Waals surface area contributed by atoms with Crippen LogP contribution in [0.15, 0.2) is 78.9 Å². The lowest BCUT2D eigenvalue weighted by molar-refractivity contribution is -0.119. The van der Waals surface area contributed by atoms with Crippen molar-refractivity contribution < 1.29 is 22.7 Å². The first-order chi connectivity index (χ1) is 17.4. The summed E-state index contributed by atoms with van der Waals surface area (Å²) in [6.07, 6.45) is -0.641. The summed E-state index contributed by atoms with van der Waals surface area (Å²) in [7, 11) is -3.90. The molecule has 0 saturated heterocycles. The minimum absolute atomic E-state index is 0.247. The zero-order valence-corrected chi connectivity index (χ0v) is 22.6. The van der Waals surface area contributed by atoms with Gasteiger partial charge in [-0.1, -0.05) is 78.3 Å². The molecule has 0 aromatic heterocycles. The minimum atomic E-state index is -3.90. The number of rotatable bonds is 9. The topological polar surface area (TPSA) is 102 Å². The van der Waals surface area contributed by atoms with Gasteiger partial charge in [0.1, 0.15) is 5.60 Å². The van der Waals surface area contributed by atoms with Gasteiger partial charge in [-0.15, -0.1) is 0 Å². The predicted octanol–water partition coefficient (Wildman–Crippen LogP) is 5.48. The van der Waals surface area contributed by atoms with Crippen molar-refractivity contribution in [2.45, 2.75) is 51.0 Å². The minimum Gasteiger partial charge on any atom is -0.444 e. The molecule has 0 aliphatic heterocycles. The van der Waals surface area contributed by atoms with E-state index in [1.54, 1.807) is 57.2 Å². The molecular formula is C28H31ClN2O5S. The lowest BCUT2D eigenvalue weighted by Crippen LogP contribution is -2.43. The maximum Gasteiger partial charge on any atom is 0.407 e. The Balaban J connectivity index is 1.71. The maximum atomic E-state index is 12.7. The molecular weight excluding hydrogens is 512 g/mol. The Labute approximate surface area is 223 Å². The van der Waals surface area contributed by atoms with Crippen molar-refractivity contribution in [3.8, 4) is 11.1 Å². The molecule has 196 valence electrons. The van der Waals surface area contributed by atoms with Gasteiger partial charge < -0.3 is 10.1 Å². The molecule has 0 aliphatic carbocycles. The van der Waals surface area contributed by atoms with E-state index >= 15 is 0 Å². The molecule has 2 amide bonds. The molecule has 9 heteroatoms. The number of carbonyl (C=O) groups is 2. The molecule has 0 radical (unpaired) electrons.